The van der Waals surface area contributed by atoms with Crippen LogP contribution in [-0.4, -0.2) is 58.6 Å². The second-order valence-corrected chi connectivity index (χ2v) is 9.04. The van der Waals surface area contributed by atoms with E-state index >= 15 is 0 Å². The zero-order valence-electron chi connectivity index (χ0n) is 19.4. The number of hydrogen-bond acceptors (Lipinski definition) is 8. The van der Waals surface area contributed by atoms with Crippen LogP contribution in [0, 0.1) is 0 Å². The molecule has 1 saturated heterocycles. The molecule has 1 aliphatic rings. The number of hydrogen-bond donors (Lipinski definition) is 0. The zero-order chi connectivity index (χ0) is 23.5. The molecule has 3 atom stereocenters. The number of ether oxygens (including phenoxy) is 4. The van der Waals surface area contributed by atoms with Crippen molar-refractivity contribution in [2.24, 2.45) is 0 Å². The van der Waals surface area contributed by atoms with E-state index in [2.05, 4.69) is 13.8 Å². The van der Waals surface area contributed by atoms with E-state index in [9.17, 15) is 9.59 Å². The van der Waals surface area contributed by atoms with Gasteiger partial charge in [-0.2, -0.15) is 5.10 Å². The predicted molar refractivity (Wildman–Crippen MR) is 123 cm³/mol. The third-order valence-corrected chi connectivity index (χ3v) is 6.44. The Kier molecular flexibility index (Phi) is 11.9. The summed E-state index contributed by atoms with van der Waals surface area (Å²) in [6.07, 6.45) is 4.47. The van der Waals surface area contributed by atoms with Crippen LogP contribution in [0.2, 0.25) is 0 Å². The quantitative estimate of drug-likeness (QED) is 0.213. The SMILES string of the molecule is CCCCC(Sc1nn(CCCC)c(CC2COC(Cl)O2)c1C(=O)OCC)C(=O)OCC. The second kappa shape index (κ2) is 14.1. The molecule has 8 nitrogen and oxygen atoms in total. The first-order chi connectivity index (χ1) is 15.4. The van der Waals surface area contributed by atoms with Crippen molar-refractivity contribution in [2.45, 2.75) is 94.9 Å². The largest absolute Gasteiger partial charge is 0.465 e. The molecule has 1 aromatic rings. The third kappa shape index (κ3) is 7.64. The second-order valence-electron chi connectivity index (χ2n) is 7.49. The molecule has 2 heterocycles. The first-order valence-electron chi connectivity index (χ1n) is 11.5. The maximum atomic E-state index is 13.0. The summed E-state index contributed by atoms with van der Waals surface area (Å²) in [5.41, 5.74) is 1.11. The van der Waals surface area contributed by atoms with Crippen molar-refractivity contribution < 1.29 is 28.5 Å². The average molecular weight is 491 g/mol. The highest BCUT2D eigenvalue weighted by atomic mass is 35.5. The van der Waals surface area contributed by atoms with Gasteiger partial charge in [-0.3, -0.25) is 9.48 Å². The van der Waals surface area contributed by atoms with Gasteiger partial charge in [0.2, 0.25) is 5.75 Å². The Balaban J connectivity index is 2.43. The number of rotatable bonds is 14. The van der Waals surface area contributed by atoms with Gasteiger partial charge >= 0.3 is 11.9 Å². The molecule has 0 aromatic carbocycles. The number of carbonyl (C=O) groups excluding carboxylic acids is 2. The molecular formula is C22H35ClN2O6S. The van der Waals surface area contributed by atoms with Crippen molar-refractivity contribution in [3.63, 3.8) is 0 Å². The average Bonchev–Trinajstić information content (AvgIpc) is 3.32. The van der Waals surface area contributed by atoms with E-state index in [4.69, 9.17) is 35.6 Å². The van der Waals surface area contributed by atoms with Gasteiger partial charge in [0.05, 0.1) is 31.6 Å². The molecular weight excluding hydrogens is 456 g/mol. The summed E-state index contributed by atoms with van der Waals surface area (Å²) in [4.78, 5) is 25.6. The van der Waals surface area contributed by atoms with Crippen LogP contribution in [0.1, 0.15) is 75.9 Å². The molecule has 1 fully saturated rings. The highest BCUT2D eigenvalue weighted by Gasteiger charge is 2.33. The molecule has 2 rings (SSSR count). The molecule has 0 bridgehead atoms. The van der Waals surface area contributed by atoms with E-state index in [1.165, 1.54) is 11.8 Å². The molecule has 0 saturated carbocycles. The number of carbonyl (C=O) groups is 2. The Morgan fingerprint density at radius 3 is 2.50 bits per heavy atom. The lowest BCUT2D eigenvalue weighted by Crippen LogP contribution is -2.21. The minimum absolute atomic E-state index is 0.243. The minimum Gasteiger partial charge on any atom is -0.465 e. The van der Waals surface area contributed by atoms with Crippen LogP contribution in [0.4, 0.5) is 0 Å². The van der Waals surface area contributed by atoms with Crippen molar-refractivity contribution in [3.05, 3.63) is 11.3 Å². The number of unbranched alkanes of at least 4 members (excludes halogenated alkanes) is 2. The van der Waals surface area contributed by atoms with E-state index < -0.39 is 17.0 Å². The van der Waals surface area contributed by atoms with E-state index in [-0.39, 0.29) is 18.7 Å². The number of esters is 2. The Morgan fingerprint density at radius 2 is 1.91 bits per heavy atom. The molecule has 1 aliphatic heterocycles. The molecule has 10 heteroatoms. The van der Waals surface area contributed by atoms with E-state index in [0.717, 1.165) is 31.4 Å². The van der Waals surface area contributed by atoms with Gasteiger partial charge in [0, 0.05) is 13.0 Å². The van der Waals surface area contributed by atoms with E-state index in [1.807, 2.05) is 4.68 Å². The molecule has 182 valence electrons. The van der Waals surface area contributed by atoms with Gasteiger partial charge < -0.3 is 18.9 Å². The topological polar surface area (TPSA) is 88.9 Å². The van der Waals surface area contributed by atoms with Gasteiger partial charge in [-0.1, -0.05) is 56.5 Å². The summed E-state index contributed by atoms with van der Waals surface area (Å²) in [5.74, 6) is -1.54. The summed E-state index contributed by atoms with van der Waals surface area (Å²) in [5, 5.41) is 4.79. The van der Waals surface area contributed by atoms with Crippen LogP contribution in [0.3, 0.4) is 0 Å². The number of halogens is 1. The minimum atomic E-state index is -0.797. The molecule has 0 amide bonds. The fourth-order valence-corrected chi connectivity index (χ4v) is 4.78. The van der Waals surface area contributed by atoms with Gasteiger partial charge in [-0.25, -0.2) is 4.79 Å². The van der Waals surface area contributed by atoms with E-state index in [0.29, 0.717) is 43.2 Å². The summed E-state index contributed by atoms with van der Waals surface area (Å²) in [6.45, 7) is 9.25. The first-order valence-corrected chi connectivity index (χ1v) is 12.8. The van der Waals surface area contributed by atoms with Crippen LogP contribution >= 0.6 is 23.4 Å². The highest BCUT2D eigenvalue weighted by Crippen LogP contribution is 2.33. The molecule has 32 heavy (non-hydrogen) atoms. The Hall–Kier alpha value is -1.29. The summed E-state index contributed by atoms with van der Waals surface area (Å²) >= 11 is 7.20. The predicted octanol–water partition coefficient (Wildman–Crippen LogP) is 4.55. The number of thioether (sulfide) groups is 1. The van der Waals surface area contributed by atoms with Crippen LogP contribution < -0.4 is 0 Å². The molecule has 3 unspecified atom stereocenters. The Labute approximate surface area is 199 Å². The molecule has 0 spiro atoms. The normalized spacial score (nSPS) is 19.2. The fraction of sp³-hybridized carbons (Fsp3) is 0.773. The molecule has 0 radical (unpaired) electrons. The number of aryl methyl sites for hydroxylation is 1. The lowest BCUT2D eigenvalue weighted by Gasteiger charge is -2.14. The maximum absolute atomic E-state index is 13.0. The number of nitrogens with zero attached hydrogens (tertiary/aromatic N) is 2. The molecule has 0 aliphatic carbocycles. The fourth-order valence-electron chi connectivity index (χ4n) is 3.38. The van der Waals surface area contributed by atoms with Gasteiger partial charge in [0.15, 0.2) is 0 Å². The van der Waals surface area contributed by atoms with Gasteiger partial charge in [0.1, 0.15) is 15.8 Å². The summed E-state index contributed by atoms with van der Waals surface area (Å²) in [6, 6.07) is 0. The summed E-state index contributed by atoms with van der Waals surface area (Å²) in [7, 11) is 0. The standard InChI is InChI=1S/C22H35ClN2O6S/c1-5-9-11-17(20(26)28-7-3)32-19-18(21(27)29-8-4)16(25(24-19)12-10-6-2)13-15-14-30-22(23)31-15/h15,17,22H,5-14H2,1-4H3. The van der Waals surface area contributed by atoms with Crippen molar-refractivity contribution in [1.29, 1.82) is 0 Å². The van der Waals surface area contributed by atoms with Crippen LogP contribution in [0.5, 0.6) is 0 Å². The van der Waals surface area contributed by atoms with Crippen LogP contribution in [0.15, 0.2) is 5.03 Å². The molecule has 0 N–H and O–H groups in total. The number of alkyl halides is 1. The van der Waals surface area contributed by atoms with Crippen LogP contribution in [-0.2, 0) is 36.7 Å². The molecule has 1 aromatic heterocycles. The van der Waals surface area contributed by atoms with Gasteiger partial charge in [-0.15, -0.1) is 0 Å². The smallest absolute Gasteiger partial charge is 0.342 e. The van der Waals surface area contributed by atoms with Crippen molar-refractivity contribution in [1.82, 2.24) is 9.78 Å². The lowest BCUT2D eigenvalue weighted by molar-refractivity contribution is -0.142. The van der Waals surface area contributed by atoms with Crippen molar-refractivity contribution >= 4 is 35.3 Å². The van der Waals surface area contributed by atoms with Crippen molar-refractivity contribution in [3.8, 4) is 0 Å². The number of aromatic nitrogens is 2. The zero-order valence-corrected chi connectivity index (χ0v) is 21.0. The van der Waals surface area contributed by atoms with Crippen LogP contribution in [0.25, 0.3) is 0 Å². The Morgan fingerprint density at radius 1 is 1.19 bits per heavy atom. The monoisotopic (exact) mass is 490 g/mol. The first kappa shape index (κ1) is 27.0. The van der Waals surface area contributed by atoms with Crippen molar-refractivity contribution in [2.75, 3.05) is 19.8 Å². The Bertz CT molecular complexity index is 744. The van der Waals surface area contributed by atoms with E-state index in [1.54, 1.807) is 13.8 Å². The lowest BCUT2D eigenvalue weighted by atomic mass is 10.1. The van der Waals surface area contributed by atoms with Gasteiger partial charge in [0.25, 0.3) is 0 Å². The highest BCUT2D eigenvalue weighted by molar-refractivity contribution is 8.00. The maximum Gasteiger partial charge on any atom is 0.342 e. The third-order valence-electron chi connectivity index (χ3n) is 4.99. The summed E-state index contributed by atoms with van der Waals surface area (Å²) < 4.78 is 23.4. The van der Waals surface area contributed by atoms with Gasteiger partial charge in [-0.05, 0) is 26.7 Å².